The maximum atomic E-state index is 4.45. The second-order valence-corrected chi connectivity index (χ2v) is 5.58. The molecule has 0 spiro atoms. The van der Waals surface area contributed by atoms with Crippen LogP contribution in [0.2, 0.25) is 0 Å². The largest absolute Gasteiger partial charge is 0.308 e. The lowest BCUT2D eigenvalue weighted by atomic mass is 10.1. The van der Waals surface area contributed by atoms with E-state index in [1.165, 1.54) is 0 Å². The lowest BCUT2D eigenvalue weighted by Crippen LogP contribution is -2.21. The Kier molecular flexibility index (Phi) is 4.13. The first-order valence-corrected chi connectivity index (χ1v) is 7.46. The molecule has 0 radical (unpaired) electrons. The van der Waals surface area contributed by atoms with Gasteiger partial charge in [0.2, 0.25) is 0 Å². The Hall–Kier alpha value is -1.98. The van der Waals surface area contributed by atoms with Gasteiger partial charge >= 0.3 is 0 Å². The molecule has 5 heteroatoms. The Morgan fingerprint density at radius 2 is 1.95 bits per heavy atom. The Morgan fingerprint density at radius 3 is 2.67 bits per heavy atom. The van der Waals surface area contributed by atoms with Gasteiger partial charge in [0.1, 0.15) is 0 Å². The van der Waals surface area contributed by atoms with E-state index in [0.717, 1.165) is 21.4 Å². The fourth-order valence-electron chi connectivity index (χ4n) is 2.39. The third-order valence-electron chi connectivity index (χ3n) is 3.32. The Bertz CT molecular complexity index is 724. The number of pyridine rings is 1. The van der Waals surface area contributed by atoms with E-state index >= 15 is 0 Å². The quantitative estimate of drug-likeness (QED) is 0.790. The van der Waals surface area contributed by atoms with Gasteiger partial charge in [0.05, 0.1) is 17.4 Å². The lowest BCUT2D eigenvalue weighted by molar-refractivity contribution is 0.635. The number of benzene rings is 1. The molecule has 0 aliphatic heterocycles. The number of para-hydroxylation sites is 1. The van der Waals surface area contributed by atoms with Crippen molar-refractivity contribution >= 4 is 15.9 Å². The summed E-state index contributed by atoms with van der Waals surface area (Å²) in [6.45, 7) is 0. The van der Waals surface area contributed by atoms with E-state index in [9.17, 15) is 0 Å². The third-order valence-corrected chi connectivity index (χ3v) is 3.75. The zero-order valence-electron chi connectivity index (χ0n) is 11.6. The van der Waals surface area contributed by atoms with Crippen molar-refractivity contribution in [2.45, 2.75) is 6.04 Å². The smallest absolute Gasteiger partial charge is 0.0765 e. The summed E-state index contributed by atoms with van der Waals surface area (Å²) < 4.78 is 2.91. The van der Waals surface area contributed by atoms with Gasteiger partial charge in [-0.2, -0.15) is 5.10 Å². The van der Waals surface area contributed by atoms with Crippen molar-refractivity contribution in [3.63, 3.8) is 0 Å². The minimum Gasteiger partial charge on any atom is -0.308 e. The zero-order valence-corrected chi connectivity index (χ0v) is 13.2. The number of aromatic nitrogens is 3. The van der Waals surface area contributed by atoms with Crippen LogP contribution in [0.5, 0.6) is 0 Å². The molecular formula is C16H15BrN4. The molecule has 4 nitrogen and oxygen atoms in total. The molecule has 3 aromatic rings. The molecule has 3 rings (SSSR count). The molecule has 0 bridgehead atoms. The van der Waals surface area contributed by atoms with Crippen molar-refractivity contribution < 1.29 is 0 Å². The fourth-order valence-corrected chi connectivity index (χ4v) is 2.77. The van der Waals surface area contributed by atoms with E-state index in [4.69, 9.17) is 0 Å². The van der Waals surface area contributed by atoms with Gasteiger partial charge < -0.3 is 5.32 Å². The molecule has 0 saturated carbocycles. The standard InChI is InChI=1S/C16H15BrN4/c1-18-16(12-9-13(17)11-19-10-12)15-7-8-20-21(15)14-5-3-2-4-6-14/h2-11,16,18H,1H3. The van der Waals surface area contributed by atoms with Gasteiger partial charge in [-0.25, -0.2) is 4.68 Å². The summed E-state index contributed by atoms with van der Waals surface area (Å²) in [6.07, 6.45) is 5.47. The van der Waals surface area contributed by atoms with E-state index in [2.05, 4.69) is 37.4 Å². The molecule has 0 amide bonds. The van der Waals surface area contributed by atoms with Crippen LogP contribution in [0.4, 0.5) is 0 Å². The van der Waals surface area contributed by atoms with Crippen molar-refractivity contribution in [3.8, 4) is 5.69 Å². The molecule has 2 heterocycles. The summed E-state index contributed by atoms with van der Waals surface area (Å²) in [7, 11) is 1.94. The van der Waals surface area contributed by atoms with Gasteiger partial charge in [-0.1, -0.05) is 18.2 Å². The van der Waals surface area contributed by atoms with Gasteiger partial charge in [-0.05, 0) is 52.8 Å². The molecule has 0 fully saturated rings. The zero-order chi connectivity index (χ0) is 14.7. The lowest BCUT2D eigenvalue weighted by Gasteiger charge is -2.18. The van der Waals surface area contributed by atoms with Gasteiger partial charge in [-0.3, -0.25) is 4.98 Å². The maximum Gasteiger partial charge on any atom is 0.0765 e. The Morgan fingerprint density at radius 1 is 1.14 bits per heavy atom. The van der Waals surface area contributed by atoms with Crippen LogP contribution < -0.4 is 5.32 Å². The summed E-state index contributed by atoms with van der Waals surface area (Å²) >= 11 is 3.47. The van der Waals surface area contributed by atoms with Gasteiger partial charge in [0, 0.05) is 23.1 Å². The highest BCUT2D eigenvalue weighted by atomic mass is 79.9. The first-order valence-electron chi connectivity index (χ1n) is 6.66. The highest BCUT2D eigenvalue weighted by Gasteiger charge is 2.18. The number of hydrogen-bond acceptors (Lipinski definition) is 3. The fraction of sp³-hybridized carbons (Fsp3) is 0.125. The molecule has 0 aliphatic rings. The SMILES string of the molecule is CNC(c1cncc(Br)c1)c1ccnn1-c1ccccc1. The Labute approximate surface area is 132 Å². The molecule has 1 N–H and O–H groups in total. The van der Waals surface area contributed by atoms with E-state index in [1.807, 2.05) is 60.5 Å². The van der Waals surface area contributed by atoms with Gasteiger partial charge in [-0.15, -0.1) is 0 Å². The average molecular weight is 343 g/mol. The first-order chi connectivity index (χ1) is 10.3. The molecule has 1 atom stereocenters. The second kappa shape index (κ2) is 6.20. The number of rotatable bonds is 4. The van der Waals surface area contributed by atoms with Crippen molar-refractivity contribution in [3.05, 3.63) is 76.8 Å². The number of nitrogens with zero attached hydrogens (tertiary/aromatic N) is 3. The predicted molar refractivity (Wildman–Crippen MR) is 86.4 cm³/mol. The number of nitrogens with one attached hydrogen (secondary N) is 1. The van der Waals surface area contributed by atoms with Crippen LogP contribution in [0.3, 0.4) is 0 Å². The average Bonchev–Trinajstić information content (AvgIpc) is 2.98. The predicted octanol–water partition coefficient (Wildman–Crippen LogP) is 3.34. The summed E-state index contributed by atoms with van der Waals surface area (Å²) in [5.41, 5.74) is 3.20. The Balaban J connectivity index is 2.05. The summed E-state index contributed by atoms with van der Waals surface area (Å²) in [4.78, 5) is 4.25. The molecule has 0 saturated heterocycles. The monoisotopic (exact) mass is 342 g/mol. The molecule has 2 aromatic heterocycles. The first kappa shape index (κ1) is 14.0. The van der Waals surface area contributed by atoms with Crippen molar-refractivity contribution in [2.75, 3.05) is 7.05 Å². The van der Waals surface area contributed by atoms with Crippen LogP contribution in [0.1, 0.15) is 17.3 Å². The van der Waals surface area contributed by atoms with Gasteiger partial charge in [0.15, 0.2) is 0 Å². The van der Waals surface area contributed by atoms with Crippen LogP contribution in [0.25, 0.3) is 5.69 Å². The van der Waals surface area contributed by atoms with E-state index in [-0.39, 0.29) is 6.04 Å². The van der Waals surface area contributed by atoms with Crippen LogP contribution in [0, 0.1) is 0 Å². The number of hydrogen-bond donors (Lipinski definition) is 1. The number of halogens is 1. The van der Waals surface area contributed by atoms with Crippen LogP contribution in [-0.4, -0.2) is 21.8 Å². The molecule has 1 aromatic carbocycles. The molecular weight excluding hydrogens is 328 g/mol. The molecule has 21 heavy (non-hydrogen) atoms. The van der Waals surface area contributed by atoms with Crippen LogP contribution in [-0.2, 0) is 0 Å². The maximum absolute atomic E-state index is 4.45. The summed E-state index contributed by atoms with van der Waals surface area (Å²) in [5, 5.41) is 7.78. The third kappa shape index (κ3) is 2.89. The highest BCUT2D eigenvalue weighted by molar-refractivity contribution is 9.10. The van der Waals surface area contributed by atoms with Crippen LogP contribution >= 0.6 is 15.9 Å². The van der Waals surface area contributed by atoms with Crippen molar-refractivity contribution in [1.29, 1.82) is 0 Å². The van der Waals surface area contributed by atoms with Crippen molar-refractivity contribution in [1.82, 2.24) is 20.1 Å². The minimum absolute atomic E-state index is 0.0257. The van der Waals surface area contributed by atoms with E-state index in [0.29, 0.717) is 0 Å². The van der Waals surface area contributed by atoms with Gasteiger partial charge in [0.25, 0.3) is 0 Å². The normalized spacial score (nSPS) is 12.3. The molecule has 1 unspecified atom stereocenters. The minimum atomic E-state index is 0.0257. The van der Waals surface area contributed by atoms with E-state index in [1.54, 1.807) is 6.20 Å². The second-order valence-electron chi connectivity index (χ2n) is 4.66. The summed E-state index contributed by atoms with van der Waals surface area (Å²) in [5.74, 6) is 0. The topological polar surface area (TPSA) is 42.7 Å². The summed E-state index contributed by atoms with van der Waals surface area (Å²) in [6, 6.07) is 14.2. The van der Waals surface area contributed by atoms with Crippen LogP contribution in [0.15, 0.2) is 65.5 Å². The molecule has 0 aliphatic carbocycles. The highest BCUT2D eigenvalue weighted by Crippen LogP contribution is 2.25. The molecule has 106 valence electrons. The van der Waals surface area contributed by atoms with E-state index < -0.39 is 0 Å². The van der Waals surface area contributed by atoms with Crippen molar-refractivity contribution in [2.24, 2.45) is 0 Å².